The van der Waals surface area contributed by atoms with E-state index in [1.54, 1.807) is 0 Å². The Morgan fingerprint density at radius 2 is 2.10 bits per heavy atom. The minimum absolute atomic E-state index is 0.444. The molecule has 2 heterocycles. The van der Waals surface area contributed by atoms with E-state index >= 15 is 0 Å². The Morgan fingerprint density at radius 3 is 2.85 bits per heavy atom. The van der Waals surface area contributed by atoms with Crippen molar-refractivity contribution in [1.29, 1.82) is 0 Å². The van der Waals surface area contributed by atoms with E-state index in [1.165, 1.54) is 25.7 Å². The van der Waals surface area contributed by atoms with Crippen molar-refractivity contribution >= 4 is 5.95 Å². The third-order valence-corrected chi connectivity index (χ3v) is 4.46. The summed E-state index contributed by atoms with van der Waals surface area (Å²) in [6.45, 7) is 7.17. The van der Waals surface area contributed by atoms with Gasteiger partial charge in [-0.2, -0.15) is 0 Å². The third kappa shape index (κ3) is 3.33. The van der Waals surface area contributed by atoms with Crippen LogP contribution in [0.25, 0.3) is 0 Å². The average Bonchev–Trinajstić information content (AvgIpc) is 3.12. The monoisotopic (exact) mass is 278 g/mol. The summed E-state index contributed by atoms with van der Waals surface area (Å²) in [5, 5.41) is 3.62. The largest absolute Gasteiger partial charge is 0.379 e. The minimum Gasteiger partial charge on any atom is -0.379 e. The zero-order valence-electron chi connectivity index (χ0n) is 12.4. The predicted octanol–water partition coefficient (Wildman–Crippen LogP) is 2.13. The highest BCUT2D eigenvalue weighted by molar-refractivity contribution is 5.28. The number of rotatable bonds is 5. The maximum absolute atomic E-state index is 5.41. The van der Waals surface area contributed by atoms with Gasteiger partial charge in [-0.3, -0.25) is 4.90 Å². The number of nitrogens with zero attached hydrogens (tertiary/aromatic N) is 3. The Hall–Kier alpha value is -1.07. The molecule has 2 aliphatic rings. The smallest absolute Gasteiger partial charge is 0.203 e. The van der Waals surface area contributed by atoms with Crippen LogP contribution in [-0.4, -0.2) is 53.3 Å². The molecule has 5 nitrogen and oxygen atoms in total. The summed E-state index contributed by atoms with van der Waals surface area (Å²) < 4.78 is 7.70. The zero-order chi connectivity index (χ0) is 13.8. The van der Waals surface area contributed by atoms with Crippen LogP contribution in [0.1, 0.15) is 38.6 Å². The molecule has 0 amide bonds. The van der Waals surface area contributed by atoms with Crippen molar-refractivity contribution in [3.8, 4) is 0 Å². The van der Waals surface area contributed by atoms with Gasteiger partial charge in [-0.1, -0.05) is 12.8 Å². The van der Waals surface area contributed by atoms with Gasteiger partial charge in [0.15, 0.2) is 0 Å². The van der Waals surface area contributed by atoms with Gasteiger partial charge in [0.2, 0.25) is 5.95 Å². The normalized spacial score (nSPS) is 23.1. The number of aromatic nitrogens is 2. The second-order valence-electron chi connectivity index (χ2n) is 6.05. The topological polar surface area (TPSA) is 42.3 Å². The molecule has 1 aliphatic heterocycles. The molecule has 20 heavy (non-hydrogen) atoms. The maximum atomic E-state index is 5.41. The van der Waals surface area contributed by atoms with Gasteiger partial charge in [-0.15, -0.1) is 0 Å². The molecule has 3 rings (SSSR count). The standard InChI is InChI=1S/C15H26N4O/c1-13(12-18-8-10-20-11-9-18)19-7-6-16-15(19)17-14-4-2-3-5-14/h6-7,13-14H,2-5,8-12H2,1H3,(H,16,17). The van der Waals surface area contributed by atoms with Crippen LogP contribution in [0, 0.1) is 0 Å². The summed E-state index contributed by atoms with van der Waals surface area (Å²) in [6, 6.07) is 1.06. The molecule has 112 valence electrons. The van der Waals surface area contributed by atoms with Crippen LogP contribution in [0.15, 0.2) is 12.4 Å². The van der Waals surface area contributed by atoms with Crippen LogP contribution >= 0.6 is 0 Å². The number of anilines is 1. The molecule has 2 fully saturated rings. The average molecular weight is 278 g/mol. The molecular formula is C15H26N4O. The van der Waals surface area contributed by atoms with Crippen molar-refractivity contribution in [1.82, 2.24) is 14.5 Å². The first kappa shape index (κ1) is 13.9. The van der Waals surface area contributed by atoms with Gasteiger partial charge < -0.3 is 14.6 Å². The highest BCUT2D eigenvalue weighted by Crippen LogP contribution is 2.23. The molecule has 1 saturated carbocycles. The quantitative estimate of drug-likeness (QED) is 0.896. The lowest BCUT2D eigenvalue weighted by molar-refractivity contribution is 0.0326. The van der Waals surface area contributed by atoms with Crippen molar-refractivity contribution in [2.75, 3.05) is 38.2 Å². The van der Waals surface area contributed by atoms with Gasteiger partial charge in [-0.05, 0) is 19.8 Å². The molecule has 1 N–H and O–H groups in total. The number of hydrogen-bond acceptors (Lipinski definition) is 4. The van der Waals surface area contributed by atoms with Gasteiger partial charge in [0.25, 0.3) is 0 Å². The van der Waals surface area contributed by atoms with Crippen molar-refractivity contribution in [3.63, 3.8) is 0 Å². The first-order valence-corrected chi connectivity index (χ1v) is 7.92. The van der Waals surface area contributed by atoms with Crippen LogP contribution in [-0.2, 0) is 4.74 Å². The van der Waals surface area contributed by atoms with Crippen molar-refractivity contribution in [2.24, 2.45) is 0 Å². The van der Waals surface area contributed by atoms with Crippen LogP contribution in [0.2, 0.25) is 0 Å². The molecular weight excluding hydrogens is 252 g/mol. The summed E-state index contributed by atoms with van der Waals surface area (Å²) in [6.07, 6.45) is 9.27. The van der Waals surface area contributed by atoms with Crippen LogP contribution in [0.3, 0.4) is 0 Å². The van der Waals surface area contributed by atoms with E-state index in [1.807, 2.05) is 6.20 Å². The third-order valence-electron chi connectivity index (χ3n) is 4.46. The minimum atomic E-state index is 0.444. The van der Waals surface area contributed by atoms with Crippen molar-refractivity contribution in [3.05, 3.63) is 12.4 Å². The second kappa shape index (κ2) is 6.59. The first-order chi connectivity index (χ1) is 9.83. The van der Waals surface area contributed by atoms with E-state index in [4.69, 9.17) is 4.74 Å². The molecule has 5 heteroatoms. The molecule has 0 bridgehead atoms. The highest BCUT2D eigenvalue weighted by atomic mass is 16.5. The lowest BCUT2D eigenvalue weighted by Gasteiger charge is -2.30. The lowest BCUT2D eigenvalue weighted by Crippen LogP contribution is -2.39. The molecule has 1 aromatic rings. The molecule has 1 unspecified atom stereocenters. The predicted molar refractivity (Wildman–Crippen MR) is 80.1 cm³/mol. The molecule has 1 aromatic heterocycles. The van der Waals surface area contributed by atoms with Gasteiger partial charge in [-0.25, -0.2) is 4.98 Å². The zero-order valence-corrected chi connectivity index (χ0v) is 12.4. The first-order valence-electron chi connectivity index (χ1n) is 7.92. The SMILES string of the molecule is CC(CN1CCOCC1)n1ccnc1NC1CCCC1. The summed E-state index contributed by atoms with van der Waals surface area (Å²) in [7, 11) is 0. The van der Waals surface area contributed by atoms with E-state index in [2.05, 4.69) is 32.9 Å². The Bertz CT molecular complexity index is 408. The second-order valence-corrected chi connectivity index (χ2v) is 6.05. The van der Waals surface area contributed by atoms with E-state index < -0.39 is 0 Å². The van der Waals surface area contributed by atoms with Crippen LogP contribution in [0.5, 0.6) is 0 Å². The highest BCUT2D eigenvalue weighted by Gasteiger charge is 2.20. The number of hydrogen-bond donors (Lipinski definition) is 1. The Kier molecular flexibility index (Phi) is 4.58. The maximum Gasteiger partial charge on any atom is 0.203 e. The summed E-state index contributed by atoms with van der Waals surface area (Å²) in [5.41, 5.74) is 0. The molecule has 1 atom stereocenters. The van der Waals surface area contributed by atoms with E-state index in [9.17, 15) is 0 Å². The Morgan fingerprint density at radius 1 is 1.35 bits per heavy atom. The Labute approximate surface area is 121 Å². The Balaban J connectivity index is 1.59. The van der Waals surface area contributed by atoms with Gasteiger partial charge in [0, 0.05) is 44.1 Å². The fourth-order valence-electron chi connectivity index (χ4n) is 3.28. The van der Waals surface area contributed by atoms with Gasteiger partial charge >= 0.3 is 0 Å². The fraction of sp³-hybridized carbons (Fsp3) is 0.800. The molecule has 0 radical (unpaired) electrons. The lowest BCUT2D eigenvalue weighted by atomic mass is 10.2. The summed E-state index contributed by atoms with van der Waals surface area (Å²) in [5.74, 6) is 1.04. The van der Waals surface area contributed by atoms with E-state index in [-0.39, 0.29) is 0 Å². The van der Waals surface area contributed by atoms with Crippen molar-refractivity contribution in [2.45, 2.75) is 44.7 Å². The summed E-state index contributed by atoms with van der Waals surface area (Å²) >= 11 is 0. The molecule has 0 aromatic carbocycles. The van der Waals surface area contributed by atoms with E-state index in [0.717, 1.165) is 38.8 Å². The molecule has 1 saturated heterocycles. The molecule has 0 spiro atoms. The number of imidazole rings is 1. The number of nitrogens with one attached hydrogen (secondary N) is 1. The molecule has 1 aliphatic carbocycles. The van der Waals surface area contributed by atoms with E-state index in [0.29, 0.717) is 12.1 Å². The van der Waals surface area contributed by atoms with Gasteiger partial charge in [0.05, 0.1) is 13.2 Å². The van der Waals surface area contributed by atoms with Gasteiger partial charge in [0.1, 0.15) is 0 Å². The van der Waals surface area contributed by atoms with Crippen LogP contribution in [0.4, 0.5) is 5.95 Å². The van der Waals surface area contributed by atoms with Crippen molar-refractivity contribution < 1.29 is 4.74 Å². The summed E-state index contributed by atoms with van der Waals surface area (Å²) in [4.78, 5) is 6.98. The number of ether oxygens (including phenoxy) is 1. The number of morpholine rings is 1. The fourth-order valence-corrected chi connectivity index (χ4v) is 3.28. The van der Waals surface area contributed by atoms with Crippen LogP contribution < -0.4 is 5.32 Å².